The number of benzene rings is 11. The number of fused-ring (bicyclic) bond motifs is 6. The maximum atomic E-state index is 4.98. The van der Waals surface area contributed by atoms with Crippen LogP contribution >= 0.6 is 0 Å². The van der Waals surface area contributed by atoms with Crippen LogP contribution in [0.4, 0.5) is 0 Å². The lowest BCUT2D eigenvalue weighted by Gasteiger charge is -2.13. The first-order valence-electron chi connectivity index (χ1n) is 25.1. The number of hydrogen-bond donors (Lipinski definition) is 0. The molecule has 0 fully saturated rings. The molecule has 0 atom stereocenters. The van der Waals surface area contributed by atoms with E-state index in [1.54, 1.807) is 0 Å². The highest BCUT2D eigenvalue weighted by atomic mass is 15.0. The van der Waals surface area contributed by atoms with Crippen LogP contribution in [0.2, 0.25) is 0 Å². The van der Waals surface area contributed by atoms with Crippen molar-refractivity contribution in [3.8, 4) is 90.0 Å². The Morgan fingerprint density at radius 2 is 0.514 bits per heavy atom. The molecule has 0 unspecified atom stereocenters. The van der Waals surface area contributed by atoms with Gasteiger partial charge in [0.1, 0.15) is 0 Å². The Morgan fingerprint density at radius 1 is 0.189 bits per heavy atom. The number of hydrogen-bond acceptors (Lipinski definition) is 3. The van der Waals surface area contributed by atoms with Crippen molar-refractivity contribution in [2.75, 3.05) is 0 Å². The van der Waals surface area contributed by atoms with Crippen molar-refractivity contribution in [2.24, 2.45) is 0 Å². The number of nitrogens with zero attached hydrogens (tertiary/aromatic N) is 5. The van der Waals surface area contributed by atoms with Crippen molar-refractivity contribution < 1.29 is 0 Å². The van der Waals surface area contributed by atoms with Crippen molar-refractivity contribution in [1.82, 2.24) is 24.1 Å². The normalized spacial score (nSPS) is 11.5. The fourth-order valence-electron chi connectivity index (χ4n) is 10.7. The molecule has 0 radical (unpaired) electrons. The summed E-state index contributed by atoms with van der Waals surface area (Å²) in [5, 5.41) is 4.87. The molecule has 0 aliphatic carbocycles. The third-order valence-electron chi connectivity index (χ3n) is 14.4. The lowest BCUT2D eigenvalue weighted by molar-refractivity contribution is 1.07. The highest BCUT2D eigenvalue weighted by molar-refractivity contribution is 6.11. The highest BCUT2D eigenvalue weighted by Gasteiger charge is 2.18. The van der Waals surface area contributed by atoms with Gasteiger partial charge in [0, 0.05) is 49.6 Å². The van der Waals surface area contributed by atoms with Crippen LogP contribution in [0.15, 0.2) is 273 Å². The van der Waals surface area contributed by atoms with Gasteiger partial charge >= 0.3 is 0 Å². The molecule has 5 heteroatoms. The van der Waals surface area contributed by atoms with Crippen molar-refractivity contribution in [1.29, 1.82) is 0 Å². The first-order chi connectivity index (χ1) is 36.7. The van der Waals surface area contributed by atoms with E-state index in [2.05, 4.69) is 221 Å². The molecule has 14 rings (SSSR count). The van der Waals surface area contributed by atoms with Gasteiger partial charge in [0.15, 0.2) is 17.5 Å². The standard InChI is InChI=1S/C69H45N5/c1-5-17-46(18-6-1)54-41-55(47-19-7-2-8-20-47)43-56(42-54)53-33-39-61-59-25-13-15-27-63(59)74(66(61)45-53)58-35-29-48(30-36-58)52-34-40-65-62(44-52)60-26-14-16-28-64(60)73(65)57-37-31-51(32-38-57)69-71-67(49-21-9-3-10-22-49)70-68(72-69)50-23-11-4-12-24-50/h1-45H. The van der Waals surface area contributed by atoms with Gasteiger partial charge < -0.3 is 9.13 Å². The Hall–Kier alpha value is -9.97. The fraction of sp³-hybridized carbons (Fsp3) is 0. The molecule has 0 amide bonds. The van der Waals surface area contributed by atoms with Gasteiger partial charge in [0.05, 0.1) is 22.1 Å². The van der Waals surface area contributed by atoms with Crippen LogP contribution in [0.1, 0.15) is 0 Å². The summed E-state index contributed by atoms with van der Waals surface area (Å²) < 4.78 is 4.78. The summed E-state index contributed by atoms with van der Waals surface area (Å²) >= 11 is 0. The van der Waals surface area contributed by atoms with Gasteiger partial charge in [0.2, 0.25) is 0 Å². The Balaban J connectivity index is 0.821. The molecule has 3 aromatic heterocycles. The predicted molar refractivity (Wildman–Crippen MR) is 307 cm³/mol. The van der Waals surface area contributed by atoms with Gasteiger partial charge in [-0.2, -0.15) is 0 Å². The molecule has 0 spiro atoms. The highest BCUT2D eigenvalue weighted by Crippen LogP contribution is 2.40. The molecule has 0 aliphatic heterocycles. The Kier molecular flexibility index (Phi) is 10.4. The number of rotatable bonds is 9. The summed E-state index contributed by atoms with van der Waals surface area (Å²) in [4.78, 5) is 14.9. The molecule has 74 heavy (non-hydrogen) atoms. The number of para-hydroxylation sites is 2. The Labute approximate surface area is 428 Å². The summed E-state index contributed by atoms with van der Waals surface area (Å²) in [6.07, 6.45) is 0. The molecule has 5 nitrogen and oxygen atoms in total. The second-order valence-corrected chi connectivity index (χ2v) is 18.8. The fourth-order valence-corrected chi connectivity index (χ4v) is 10.7. The first kappa shape index (κ1) is 42.9. The molecule has 0 bridgehead atoms. The van der Waals surface area contributed by atoms with Gasteiger partial charge in [-0.05, 0) is 129 Å². The minimum absolute atomic E-state index is 0.632. The lowest BCUT2D eigenvalue weighted by atomic mass is 9.93. The Bertz CT molecular complexity index is 4250. The molecular weight excluding hydrogens is 899 g/mol. The number of aromatic nitrogens is 5. The van der Waals surface area contributed by atoms with Crippen molar-refractivity contribution >= 4 is 43.6 Å². The van der Waals surface area contributed by atoms with Crippen LogP contribution in [0.25, 0.3) is 134 Å². The second-order valence-electron chi connectivity index (χ2n) is 18.8. The Morgan fingerprint density at radius 3 is 1.03 bits per heavy atom. The predicted octanol–water partition coefficient (Wildman–Crippen LogP) is 17.7. The van der Waals surface area contributed by atoms with Gasteiger partial charge in [-0.25, -0.2) is 15.0 Å². The molecular formula is C69H45N5. The van der Waals surface area contributed by atoms with E-state index in [0.29, 0.717) is 17.5 Å². The zero-order valence-electron chi connectivity index (χ0n) is 40.2. The average molecular weight is 944 g/mol. The molecule has 11 aromatic carbocycles. The summed E-state index contributed by atoms with van der Waals surface area (Å²) in [6, 6.07) is 97.5. The summed E-state index contributed by atoms with van der Waals surface area (Å²) in [7, 11) is 0. The zero-order chi connectivity index (χ0) is 49.0. The monoisotopic (exact) mass is 943 g/mol. The quantitative estimate of drug-likeness (QED) is 0.145. The van der Waals surface area contributed by atoms with E-state index in [0.717, 1.165) is 50.2 Å². The van der Waals surface area contributed by atoms with E-state index < -0.39 is 0 Å². The topological polar surface area (TPSA) is 48.5 Å². The smallest absolute Gasteiger partial charge is 0.164 e. The maximum Gasteiger partial charge on any atom is 0.164 e. The van der Waals surface area contributed by atoms with Crippen LogP contribution in [-0.4, -0.2) is 24.1 Å². The third-order valence-corrected chi connectivity index (χ3v) is 14.4. The van der Waals surface area contributed by atoms with E-state index in [-0.39, 0.29) is 0 Å². The maximum absolute atomic E-state index is 4.98. The zero-order valence-corrected chi connectivity index (χ0v) is 40.2. The van der Waals surface area contributed by atoms with E-state index in [1.807, 2.05) is 60.7 Å². The molecule has 3 heterocycles. The minimum atomic E-state index is 0.632. The molecule has 0 saturated carbocycles. The minimum Gasteiger partial charge on any atom is -0.309 e. The summed E-state index contributed by atoms with van der Waals surface area (Å²) in [5.74, 6) is 1.92. The molecule has 0 aliphatic rings. The van der Waals surface area contributed by atoms with Crippen LogP contribution in [0.5, 0.6) is 0 Å². The lowest BCUT2D eigenvalue weighted by Crippen LogP contribution is -2.00. The largest absolute Gasteiger partial charge is 0.309 e. The van der Waals surface area contributed by atoms with Gasteiger partial charge in [-0.3, -0.25) is 0 Å². The summed E-state index contributed by atoms with van der Waals surface area (Å²) in [6.45, 7) is 0. The van der Waals surface area contributed by atoms with Crippen LogP contribution in [0.3, 0.4) is 0 Å². The molecule has 346 valence electrons. The second kappa shape index (κ2) is 18.0. The van der Waals surface area contributed by atoms with Crippen molar-refractivity contribution in [2.45, 2.75) is 0 Å². The summed E-state index contributed by atoms with van der Waals surface area (Å²) in [5.41, 5.74) is 19.1. The molecule has 0 N–H and O–H groups in total. The SMILES string of the molecule is c1ccc(-c2cc(-c3ccccc3)cc(-c3ccc4c5ccccc5n(-c5ccc(-c6ccc7c(c6)c6ccccc6n7-c6ccc(-c7nc(-c8ccccc8)nc(-c8ccccc8)n7)cc6)cc5)c4c3)c2)cc1. The molecule has 14 aromatic rings. The van der Waals surface area contributed by atoms with E-state index in [9.17, 15) is 0 Å². The van der Waals surface area contributed by atoms with E-state index in [4.69, 9.17) is 15.0 Å². The third kappa shape index (κ3) is 7.63. The average Bonchev–Trinajstić information content (AvgIpc) is 4.00. The van der Waals surface area contributed by atoms with Crippen LogP contribution in [0, 0.1) is 0 Å². The van der Waals surface area contributed by atoms with E-state index >= 15 is 0 Å². The first-order valence-corrected chi connectivity index (χ1v) is 25.1. The van der Waals surface area contributed by atoms with Gasteiger partial charge in [-0.1, -0.05) is 188 Å². The van der Waals surface area contributed by atoms with Crippen LogP contribution in [-0.2, 0) is 0 Å². The van der Waals surface area contributed by atoms with Gasteiger partial charge in [-0.15, -0.1) is 0 Å². The van der Waals surface area contributed by atoms with Crippen molar-refractivity contribution in [3.05, 3.63) is 273 Å². The van der Waals surface area contributed by atoms with Crippen molar-refractivity contribution in [3.63, 3.8) is 0 Å². The van der Waals surface area contributed by atoms with E-state index in [1.165, 1.54) is 66.0 Å². The van der Waals surface area contributed by atoms with Crippen LogP contribution < -0.4 is 0 Å². The van der Waals surface area contributed by atoms with Gasteiger partial charge in [0.25, 0.3) is 0 Å². The molecule has 0 saturated heterocycles.